The second-order valence-electron chi connectivity index (χ2n) is 8.44. The Morgan fingerprint density at radius 1 is 1.12 bits per heavy atom. The van der Waals surface area contributed by atoms with E-state index in [2.05, 4.69) is 4.98 Å². The number of carbonyl (C=O) groups excluding carboxylic acids is 1. The van der Waals surface area contributed by atoms with Crippen LogP contribution in [0.2, 0.25) is 5.02 Å². The Labute approximate surface area is 202 Å². The van der Waals surface area contributed by atoms with Gasteiger partial charge >= 0.3 is 5.69 Å². The van der Waals surface area contributed by atoms with Gasteiger partial charge < -0.3 is 15.4 Å². The highest BCUT2D eigenvalue weighted by Crippen LogP contribution is 2.26. The number of anilines is 2. The fraction of sp³-hybridized carbons (Fsp3) is 0.320. The summed E-state index contributed by atoms with van der Waals surface area (Å²) in [6.45, 7) is 5.60. The first-order chi connectivity index (χ1) is 16.1. The van der Waals surface area contributed by atoms with Gasteiger partial charge in [0.25, 0.3) is 11.5 Å². The van der Waals surface area contributed by atoms with Crippen LogP contribution in [-0.4, -0.2) is 27.6 Å². The Bertz CT molecular complexity index is 1250. The molecular formula is C25H29ClN4O4. The van der Waals surface area contributed by atoms with Crippen molar-refractivity contribution in [3.63, 3.8) is 0 Å². The Morgan fingerprint density at radius 2 is 1.76 bits per heavy atom. The summed E-state index contributed by atoms with van der Waals surface area (Å²) >= 11 is 5.94. The van der Waals surface area contributed by atoms with Crippen molar-refractivity contribution >= 4 is 29.0 Å². The molecule has 0 spiro atoms. The molecule has 9 heteroatoms. The van der Waals surface area contributed by atoms with Gasteiger partial charge in [-0.05, 0) is 50.1 Å². The van der Waals surface area contributed by atoms with Gasteiger partial charge in [0.15, 0.2) is 11.3 Å². The number of carbonyl (C=O) groups is 1. The predicted octanol–water partition coefficient (Wildman–Crippen LogP) is 3.81. The van der Waals surface area contributed by atoms with E-state index in [0.29, 0.717) is 17.2 Å². The number of aromatic nitrogens is 2. The first-order valence-electron chi connectivity index (χ1n) is 11.1. The third-order valence-electron chi connectivity index (χ3n) is 5.35. The van der Waals surface area contributed by atoms with Crippen LogP contribution in [0.15, 0.2) is 64.2 Å². The molecular weight excluding hydrogens is 456 g/mol. The van der Waals surface area contributed by atoms with Crippen LogP contribution >= 0.6 is 11.6 Å². The summed E-state index contributed by atoms with van der Waals surface area (Å²) in [5.41, 5.74) is 4.41. The van der Waals surface area contributed by atoms with E-state index in [0.717, 1.165) is 12.0 Å². The maximum Gasteiger partial charge on any atom is 0.330 e. The second kappa shape index (κ2) is 10.6. The molecule has 180 valence electrons. The van der Waals surface area contributed by atoms with Gasteiger partial charge in [0, 0.05) is 11.6 Å². The number of nitrogen functional groups attached to an aromatic ring is 1. The molecule has 0 bridgehead atoms. The van der Waals surface area contributed by atoms with Crippen LogP contribution < -0.4 is 26.6 Å². The SMILES string of the molecule is CCCCN(C(=O)C(C)(C)Oc1ccc(Cl)cc1)c1c(N)n(Cc2ccccc2)c(=O)[nH]c1=O. The minimum atomic E-state index is -1.33. The highest BCUT2D eigenvalue weighted by atomic mass is 35.5. The zero-order valence-corrected chi connectivity index (χ0v) is 20.3. The normalized spacial score (nSPS) is 11.3. The van der Waals surface area contributed by atoms with Crippen LogP contribution in [0.4, 0.5) is 11.5 Å². The van der Waals surface area contributed by atoms with Crippen molar-refractivity contribution < 1.29 is 9.53 Å². The third kappa shape index (κ3) is 5.69. The molecule has 0 saturated carbocycles. The third-order valence-corrected chi connectivity index (χ3v) is 5.60. The van der Waals surface area contributed by atoms with Crippen LogP contribution in [0, 0.1) is 0 Å². The number of H-pyrrole nitrogens is 1. The zero-order valence-electron chi connectivity index (χ0n) is 19.5. The van der Waals surface area contributed by atoms with E-state index >= 15 is 0 Å². The first kappa shape index (κ1) is 25.1. The van der Waals surface area contributed by atoms with Gasteiger partial charge in [0.05, 0.1) is 6.54 Å². The Balaban J connectivity index is 2.03. The number of unbranched alkanes of at least 4 members (excludes halogenated alkanes) is 1. The minimum absolute atomic E-state index is 0.0678. The van der Waals surface area contributed by atoms with Gasteiger partial charge in [-0.25, -0.2) is 4.79 Å². The van der Waals surface area contributed by atoms with Crippen molar-refractivity contribution in [2.45, 2.75) is 45.8 Å². The van der Waals surface area contributed by atoms with Crippen molar-refractivity contribution in [2.24, 2.45) is 0 Å². The summed E-state index contributed by atoms with van der Waals surface area (Å²) in [5.74, 6) is -0.0866. The fourth-order valence-corrected chi connectivity index (χ4v) is 3.68. The molecule has 0 aliphatic rings. The highest BCUT2D eigenvalue weighted by Gasteiger charge is 2.37. The predicted molar refractivity (Wildman–Crippen MR) is 135 cm³/mol. The summed E-state index contributed by atoms with van der Waals surface area (Å²) in [4.78, 5) is 42.8. The highest BCUT2D eigenvalue weighted by molar-refractivity contribution is 6.30. The summed E-state index contributed by atoms with van der Waals surface area (Å²) in [5, 5.41) is 0.543. The number of rotatable bonds is 9. The Hall–Kier alpha value is -3.52. The van der Waals surface area contributed by atoms with Gasteiger partial charge in [-0.3, -0.25) is 19.1 Å². The number of hydrogen-bond acceptors (Lipinski definition) is 5. The molecule has 0 aliphatic heterocycles. The van der Waals surface area contributed by atoms with Gasteiger partial charge in [-0.2, -0.15) is 0 Å². The van der Waals surface area contributed by atoms with Crippen LogP contribution in [-0.2, 0) is 11.3 Å². The smallest absolute Gasteiger partial charge is 0.330 e. The largest absolute Gasteiger partial charge is 0.478 e. The van der Waals surface area contributed by atoms with Crippen LogP contribution in [0.25, 0.3) is 0 Å². The molecule has 0 aliphatic carbocycles. The molecule has 8 nitrogen and oxygen atoms in total. The van der Waals surface area contributed by atoms with Gasteiger partial charge in [0.1, 0.15) is 11.6 Å². The zero-order chi connectivity index (χ0) is 24.9. The van der Waals surface area contributed by atoms with E-state index in [9.17, 15) is 14.4 Å². The first-order valence-corrected chi connectivity index (χ1v) is 11.4. The molecule has 0 atom stereocenters. The standard InChI is InChI=1S/C25H29ClN4O4/c1-4-5-15-29(23(32)25(2,3)34-19-13-11-18(26)12-14-19)20-21(27)30(24(33)28-22(20)31)16-17-9-7-6-8-10-17/h6-14H,4-5,15-16,27H2,1-3H3,(H,28,31,33). The van der Waals surface area contributed by atoms with Gasteiger partial charge in [-0.1, -0.05) is 55.3 Å². The summed E-state index contributed by atoms with van der Waals surface area (Å²) < 4.78 is 7.21. The van der Waals surface area contributed by atoms with Crippen molar-refractivity contribution in [1.29, 1.82) is 0 Å². The molecule has 0 fully saturated rings. The average molecular weight is 485 g/mol. The Morgan fingerprint density at radius 3 is 2.38 bits per heavy atom. The number of halogens is 1. The molecule has 3 rings (SSSR count). The van der Waals surface area contributed by atoms with Gasteiger partial charge in [-0.15, -0.1) is 0 Å². The second-order valence-corrected chi connectivity index (χ2v) is 8.88. The number of nitrogens with one attached hydrogen (secondary N) is 1. The van der Waals surface area contributed by atoms with Crippen LogP contribution in [0.3, 0.4) is 0 Å². The molecule has 0 unspecified atom stereocenters. The van der Waals surface area contributed by atoms with Crippen molar-refractivity contribution in [3.05, 3.63) is 86.0 Å². The fourth-order valence-electron chi connectivity index (χ4n) is 3.56. The number of nitrogens with zero attached hydrogens (tertiary/aromatic N) is 2. The van der Waals surface area contributed by atoms with Crippen molar-refractivity contribution in [3.8, 4) is 5.75 Å². The molecule has 34 heavy (non-hydrogen) atoms. The van der Waals surface area contributed by atoms with E-state index in [1.54, 1.807) is 38.1 Å². The molecule has 2 aromatic carbocycles. The van der Waals surface area contributed by atoms with E-state index in [1.807, 2.05) is 37.3 Å². The topological polar surface area (TPSA) is 110 Å². The monoisotopic (exact) mass is 484 g/mol. The molecule has 3 N–H and O–H groups in total. The van der Waals surface area contributed by atoms with E-state index in [4.69, 9.17) is 22.1 Å². The number of hydrogen-bond donors (Lipinski definition) is 2. The number of ether oxygens (including phenoxy) is 1. The minimum Gasteiger partial charge on any atom is -0.478 e. The molecule has 1 aromatic heterocycles. The summed E-state index contributed by atoms with van der Waals surface area (Å²) in [6.07, 6.45) is 1.41. The van der Waals surface area contributed by atoms with E-state index in [1.165, 1.54) is 9.47 Å². The molecule has 1 amide bonds. The maximum atomic E-state index is 13.7. The number of nitrogens with two attached hydrogens (primary N) is 1. The lowest BCUT2D eigenvalue weighted by Crippen LogP contribution is -2.52. The lowest BCUT2D eigenvalue weighted by Gasteiger charge is -2.32. The van der Waals surface area contributed by atoms with E-state index in [-0.39, 0.29) is 24.6 Å². The quantitative estimate of drug-likeness (QED) is 0.479. The van der Waals surface area contributed by atoms with Crippen molar-refractivity contribution in [2.75, 3.05) is 17.2 Å². The van der Waals surface area contributed by atoms with E-state index < -0.39 is 22.8 Å². The lowest BCUT2D eigenvalue weighted by molar-refractivity contribution is -0.131. The molecule has 0 saturated heterocycles. The average Bonchev–Trinajstić information content (AvgIpc) is 2.80. The summed E-state index contributed by atoms with van der Waals surface area (Å²) in [6, 6.07) is 15.9. The molecule has 0 radical (unpaired) electrons. The maximum absolute atomic E-state index is 13.7. The summed E-state index contributed by atoms with van der Waals surface area (Å²) in [7, 11) is 0. The molecule has 3 aromatic rings. The van der Waals surface area contributed by atoms with Crippen molar-refractivity contribution in [1.82, 2.24) is 9.55 Å². The number of benzene rings is 2. The number of amides is 1. The van der Waals surface area contributed by atoms with Gasteiger partial charge in [0.2, 0.25) is 0 Å². The lowest BCUT2D eigenvalue weighted by atomic mass is 10.1. The molecule has 1 heterocycles. The number of aromatic amines is 1. The van der Waals surface area contributed by atoms with Crippen LogP contribution in [0.1, 0.15) is 39.2 Å². The Kier molecular flexibility index (Phi) is 7.83. The van der Waals surface area contributed by atoms with Crippen LogP contribution in [0.5, 0.6) is 5.75 Å².